The van der Waals surface area contributed by atoms with Crippen LogP contribution < -0.4 is 4.90 Å². The van der Waals surface area contributed by atoms with E-state index in [4.69, 9.17) is 13.8 Å². The lowest BCUT2D eigenvalue weighted by Crippen LogP contribution is -2.09. The van der Waals surface area contributed by atoms with E-state index in [0.29, 0.717) is 5.89 Å². The second-order valence-electron chi connectivity index (χ2n) is 12.4. The van der Waals surface area contributed by atoms with E-state index in [1.807, 2.05) is 48.5 Å². The fourth-order valence-corrected chi connectivity index (χ4v) is 7.14. The van der Waals surface area contributed by atoms with E-state index in [9.17, 15) is 0 Å². The smallest absolute Gasteiger partial charge is 0.227 e. The van der Waals surface area contributed by atoms with Gasteiger partial charge in [-0.2, -0.15) is 0 Å². The standard InChI is InChI=1S/C45H28N2O2/c1-4-11-29(12-5-1)30-19-23-35(24-20-30)47(34-15-8-3-9-16-34)36-25-21-31(22-26-36)33-27-38-42-40(28-33)48-39-18-10-17-37(41(39)42)43-44(38)49-45(46-43)32-13-6-2-7-14-32/h1-28H. The molecule has 0 spiro atoms. The van der Waals surface area contributed by atoms with Gasteiger partial charge in [0.05, 0.1) is 0 Å². The third kappa shape index (κ3) is 4.49. The minimum atomic E-state index is 0.616. The van der Waals surface area contributed by atoms with Crippen LogP contribution in [0.3, 0.4) is 0 Å². The van der Waals surface area contributed by atoms with Crippen LogP contribution in [0.25, 0.3) is 77.5 Å². The number of furan rings is 1. The summed E-state index contributed by atoms with van der Waals surface area (Å²) in [6.07, 6.45) is 0. The van der Waals surface area contributed by atoms with E-state index in [-0.39, 0.29) is 0 Å². The van der Waals surface area contributed by atoms with Crippen molar-refractivity contribution in [3.05, 3.63) is 170 Å². The second kappa shape index (κ2) is 11.0. The van der Waals surface area contributed by atoms with Crippen LogP contribution in [-0.4, -0.2) is 4.98 Å². The Hall–Kier alpha value is -6.65. The number of fused-ring (bicyclic) bond motifs is 3. The fraction of sp³-hybridized carbons (Fsp3) is 0. The number of oxazole rings is 1. The zero-order chi connectivity index (χ0) is 32.3. The number of benzene rings is 8. The maximum absolute atomic E-state index is 6.56. The lowest BCUT2D eigenvalue weighted by atomic mass is 9.96. The number of anilines is 3. The maximum Gasteiger partial charge on any atom is 0.227 e. The second-order valence-corrected chi connectivity index (χ2v) is 12.4. The van der Waals surface area contributed by atoms with Crippen molar-refractivity contribution in [3.63, 3.8) is 0 Å². The topological polar surface area (TPSA) is 42.4 Å². The molecular formula is C45H28N2O2. The van der Waals surface area contributed by atoms with Crippen molar-refractivity contribution in [1.82, 2.24) is 4.98 Å². The molecular weight excluding hydrogens is 601 g/mol. The first-order valence-electron chi connectivity index (χ1n) is 16.5. The highest BCUT2D eigenvalue weighted by Gasteiger charge is 2.23. The molecule has 0 aliphatic carbocycles. The Morgan fingerprint density at radius 2 is 0.939 bits per heavy atom. The van der Waals surface area contributed by atoms with E-state index in [2.05, 4.69) is 126 Å². The number of nitrogens with zero attached hydrogens (tertiary/aromatic N) is 2. The van der Waals surface area contributed by atoms with Crippen molar-refractivity contribution >= 4 is 60.9 Å². The van der Waals surface area contributed by atoms with Gasteiger partial charge in [0.1, 0.15) is 16.7 Å². The summed E-state index contributed by atoms with van der Waals surface area (Å²) < 4.78 is 13.0. The van der Waals surface area contributed by atoms with E-state index >= 15 is 0 Å². The number of hydrogen-bond donors (Lipinski definition) is 0. The van der Waals surface area contributed by atoms with Gasteiger partial charge in [0.25, 0.3) is 0 Å². The number of para-hydroxylation sites is 1. The largest absolute Gasteiger partial charge is 0.456 e. The molecule has 0 fully saturated rings. The van der Waals surface area contributed by atoms with Gasteiger partial charge in [-0.25, -0.2) is 4.98 Å². The number of hydrogen-bond acceptors (Lipinski definition) is 4. The predicted octanol–water partition coefficient (Wildman–Crippen LogP) is 12.8. The Kier molecular flexibility index (Phi) is 6.15. The average Bonchev–Trinajstić information content (AvgIpc) is 3.80. The average molecular weight is 629 g/mol. The molecule has 0 aliphatic rings. The Labute approximate surface area is 282 Å². The van der Waals surface area contributed by atoms with Gasteiger partial charge in [-0.05, 0) is 89.0 Å². The van der Waals surface area contributed by atoms with E-state index in [0.717, 1.165) is 77.6 Å². The summed E-state index contributed by atoms with van der Waals surface area (Å²) in [5.41, 5.74) is 12.1. The Balaban J connectivity index is 1.09. The predicted molar refractivity (Wildman–Crippen MR) is 201 cm³/mol. The number of aromatic nitrogens is 1. The van der Waals surface area contributed by atoms with Crippen LogP contribution in [0.1, 0.15) is 0 Å². The van der Waals surface area contributed by atoms with Gasteiger partial charge < -0.3 is 13.7 Å². The molecule has 230 valence electrons. The summed E-state index contributed by atoms with van der Waals surface area (Å²) in [7, 11) is 0. The SMILES string of the molecule is c1ccc(-c2ccc(N(c3ccccc3)c3ccc(-c4cc5oc6cccc7c8nc(-c9ccccc9)oc8c(c4)c5c67)cc3)cc2)cc1. The molecule has 0 radical (unpaired) electrons. The van der Waals surface area contributed by atoms with Crippen molar-refractivity contribution in [2.24, 2.45) is 0 Å². The molecule has 49 heavy (non-hydrogen) atoms. The summed E-state index contributed by atoms with van der Waals surface area (Å²) in [4.78, 5) is 7.30. The Morgan fingerprint density at radius 3 is 1.61 bits per heavy atom. The van der Waals surface area contributed by atoms with Crippen molar-refractivity contribution in [3.8, 4) is 33.7 Å². The molecule has 0 unspecified atom stereocenters. The first-order valence-corrected chi connectivity index (χ1v) is 16.5. The summed E-state index contributed by atoms with van der Waals surface area (Å²) in [6.45, 7) is 0. The Morgan fingerprint density at radius 1 is 0.388 bits per heavy atom. The lowest BCUT2D eigenvalue weighted by molar-refractivity contribution is 0.623. The molecule has 0 amide bonds. The molecule has 0 aliphatic heterocycles. The van der Waals surface area contributed by atoms with Gasteiger partial charge in [-0.15, -0.1) is 0 Å². The van der Waals surface area contributed by atoms with Gasteiger partial charge in [0, 0.05) is 44.2 Å². The molecule has 0 atom stereocenters. The minimum absolute atomic E-state index is 0.616. The molecule has 8 aromatic carbocycles. The van der Waals surface area contributed by atoms with Gasteiger partial charge in [0.15, 0.2) is 5.58 Å². The van der Waals surface area contributed by atoms with Crippen LogP contribution in [0.2, 0.25) is 0 Å². The van der Waals surface area contributed by atoms with Crippen LogP contribution in [0.4, 0.5) is 17.1 Å². The number of rotatable bonds is 6. The zero-order valence-electron chi connectivity index (χ0n) is 26.4. The van der Waals surface area contributed by atoms with Gasteiger partial charge in [0.2, 0.25) is 5.89 Å². The Bertz CT molecular complexity index is 2730. The van der Waals surface area contributed by atoms with Crippen LogP contribution in [0.15, 0.2) is 179 Å². The summed E-state index contributed by atoms with van der Waals surface area (Å²) in [6, 6.07) is 59.1. The van der Waals surface area contributed by atoms with Gasteiger partial charge >= 0.3 is 0 Å². The molecule has 2 heterocycles. The molecule has 0 saturated carbocycles. The van der Waals surface area contributed by atoms with Crippen LogP contribution in [0, 0.1) is 0 Å². The third-order valence-electron chi connectivity index (χ3n) is 9.45. The van der Waals surface area contributed by atoms with Crippen molar-refractivity contribution < 1.29 is 8.83 Å². The molecule has 0 N–H and O–H groups in total. The van der Waals surface area contributed by atoms with Crippen LogP contribution >= 0.6 is 0 Å². The van der Waals surface area contributed by atoms with Gasteiger partial charge in [-0.1, -0.05) is 103 Å². The molecule has 4 heteroatoms. The van der Waals surface area contributed by atoms with Crippen molar-refractivity contribution in [1.29, 1.82) is 0 Å². The quantitative estimate of drug-likeness (QED) is 0.172. The maximum atomic E-state index is 6.56. The first kappa shape index (κ1) is 27.5. The summed E-state index contributed by atoms with van der Waals surface area (Å²) >= 11 is 0. The molecule has 10 rings (SSSR count). The highest BCUT2D eigenvalue weighted by molar-refractivity contribution is 6.31. The van der Waals surface area contributed by atoms with E-state index in [1.54, 1.807) is 0 Å². The minimum Gasteiger partial charge on any atom is -0.456 e. The summed E-state index contributed by atoms with van der Waals surface area (Å²) in [5.74, 6) is 0.616. The molecule has 2 aromatic heterocycles. The monoisotopic (exact) mass is 628 g/mol. The van der Waals surface area contributed by atoms with Crippen molar-refractivity contribution in [2.75, 3.05) is 4.90 Å². The fourth-order valence-electron chi connectivity index (χ4n) is 7.14. The molecule has 4 nitrogen and oxygen atoms in total. The third-order valence-corrected chi connectivity index (χ3v) is 9.45. The summed E-state index contributed by atoms with van der Waals surface area (Å²) in [5, 5.41) is 4.21. The van der Waals surface area contributed by atoms with Crippen molar-refractivity contribution in [2.45, 2.75) is 0 Å². The highest BCUT2D eigenvalue weighted by Crippen LogP contribution is 2.45. The molecule has 10 aromatic rings. The lowest BCUT2D eigenvalue weighted by Gasteiger charge is -2.26. The molecule has 0 saturated heterocycles. The van der Waals surface area contributed by atoms with E-state index in [1.165, 1.54) is 11.1 Å². The van der Waals surface area contributed by atoms with E-state index < -0.39 is 0 Å². The zero-order valence-corrected chi connectivity index (χ0v) is 26.4. The normalized spacial score (nSPS) is 11.7. The van der Waals surface area contributed by atoms with Crippen LogP contribution in [0.5, 0.6) is 0 Å². The molecule has 0 bridgehead atoms. The highest BCUT2D eigenvalue weighted by atomic mass is 16.3. The van der Waals surface area contributed by atoms with Crippen LogP contribution in [-0.2, 0) is 0 Å². The van der Waals surface area contributed by atoms with Gasteiger partial charge in [-0.3, -0.25) is 0 Å². The first-order chi connectivity index (χ1) is 24.3.